The normalized spacial score (nSPS) is 21.7. The van der Waals surface area contributed by atoms with Crippen molar-refractivity contribution in [3.63, 3.8) is 0 Å². The molecule has 154 valence electrons. The molecule has 1 amide bonds. The van der Waals surface area contributed by atoms with Crippen LogP contribution < -0.4 is 5.32 Å². The molecule has 1 atom stereocenters. The molecule has 0 saturated carbocycles. The van der Waals surface area contributed by atoms with Crippen LogP contribution in [0.3, 0.4) is 0 Å². The lowest BCUT2D eigenvalue weighted by Gasteiger charge is -2.42. The average molecular weight is 394 g/mol. The number of likely N-dealkylation sites (tertiary alicyclic amines) is 2. The van der Waals surface area contributed by atoms with Gasteiger partial charge in [-0.1, -0.05) is 30.3 Å². The Labute approximate surface area is 173 Å². The van der Waals surface area contributed by atoms with Crippen molar-refractivity contribution in [1.29, 1.82) is 0 Å². The first-order valence-corrected chi connectivity index (χ1v) is 10.8. The molecule has 6 nitrogen and oxygen atoms in total. The number of hydrogen-bond acceptors (Lipinski definition) is 5. The van der Waals surface area contributed by atoms with Crippen molar-refractivity contribution in [3.05, 3.63) is 60.2 Å². The van der Waals surface area contributed by atoms with Crippen LogP contribution in [0.1, 0.15) is 36.9 Å². The molecule has 2 aliphatic heterocycles. The summed E-state index contributed by atoms with van der Waals surface area (Å²) < 4.78 is 0. The first kappa shape index (κ1) is 20.0. The summed E-state index contributed by atoms with van der Waals surface area (Å²) in [5.74, 6) is 0.253. The van der Waals surface area contributed by atoms with Gasteiger partial charge < -0.3 is 5.32 Å². The fraction of sp³-hybridized carbons (Fsp3) is 0.522. The van der Waals surface area contributed by atoms with Gasteiger partial charge in [-0.2, -0.15) is 0 Å². The first-order valence-electron chi connectivity index (χ1n) is 10.8. The second-order valence-electron chi connectivity index (χ2n) is 8.25. The Morgan fingerprint density at radius 1 is 1.07 bits per heavy atom. The highest BCUT2D eigenvalue weighted by molar-refractivity contribution is 5.78. The van der Waals surface area contributed by atoms with E-state index in [1.54, 1.807) is 6.20 Å². The lowest BCUT2D eigenvalue weighted by molar-refractivity contribution is -0.127. The standard InChI is InChI=1S/C23H31N5O/c29-23(25-15-21-8-11-24-18-26-21)20-7-4-12-28(17-20)22-9-13-27(14-10-22)16-19-5-2-1-3-6-19/h1-3,5-6,8,11,18,20,22H,4,7,9-10,12-17H2,(H,25,29)/t20-/m1/s1. The second-order valence-corrected chi connectivity index (χ2v) is 8.25. The number of piperidine rings is 2. The molecule has 2 saturated heterocycles. The molecule has 3 heterocycles. The second kappa shape index (κ2) is 9.94. The molecule has 2 fully saturated rings. The molecule has 4 rings (SSSR count). The summed E-state index contributed by atoms with van der Waals surface area (Å²) in [6.45, 7) is 5.82. The van der Waals surface area contributed by atoms with Gasteiger partial charge in [0.05, 0.1) is 18.2 Å². The predicted molar refractivity (Wildman–Crippen MR) is 113 cm³/mol. The minimum absolute atomic E-state index is 0.0907. The third kappa shape index (κ3) is 5.61. The van der Waals surface area contributed by atoms with Crippen LogP contribution in [0.15, 0.2) is 48.9 Å². The topological polar surface area (TPSA) is 61.4 Å². The summed E-state index contributed by atoms with van der Waals surface area (Å²) in [4.78, 5) is 25.9. The first-order chi connectivity index (χ1) is 14.3. The summed E-state index contributed by atoms with van der Waals surface area (Å²) in [5, 5.41) is 3.06. The van der Waals surface area contributed by atoms with E-state index in [0.29, 0.717) is 12.6 Å². The van der Waals surface area contributed by atoms with Gasteiger partial charge in [0.2, 0.25) is 5.91 Å². The van der Waals surface area contributed by atoms with E-state index in [1.807, 2.05) is 6.07 Å². The molecular weight excluding hydrogens is 362 g/mol. The quantitative estimate of drug-likeness (QED) is 0.817. The van der Waals surface area contributed by atoms with Crippen molar-refractivity contribution in [2.45, 2.75) is 44.8 Å². The van der Waals surface area contributed by atoms with E-state index < -0.39 is 0 Å². The molecule has 0 radical (unpaired) electrons. The summed E-state index contributed by atoms with van der Waals surface area (Å²) in [7, 11) is 0. The Balaban J connectivity index is 1.23. The van der Waals surface area contributed by atoms with E-state index in [4.69, 9.17) is 0 Å². The molecule has 1 N–H and O–H groups in total. The number of carbonyl (C=O) groups excluding carboxylic acids is 1. The number of rotatable bonds is 6. The van der Waals surface area contributed by atoms with Gasteiger partial charge in [-0.3, -0.25) is 14.6 Å². The number of nitrogens with one attached hydrogen (secondary N) is 1. The fourth-order valence-corrected chi connectivity index (χ4v) is 4.58. The average Bonchev–Trinajstić information content (AvgIpc) is 2.79. The zero-order valence-corrected chi connectivity index (χ0v) is 17.0. The number of amides is 1. The molecule has 0 unspecified atom stereocenters. The number of hydrogen-bond donors (Lipinski definition) is 1. The van der Waals surface area contributed by atoms with Crippen LogP contribution in [0.5, 0.6) is 0 Å². The molecule has 6 heteroatoms. The Morgan fingerprint density at radius 2 is 1.90 bits per heavy atom. The minimum atomic E-state index is 0.0907. The van der Waals surface area contributed by atoms with Crippen molar-refractivity contribution in [2.75, 3.05) is 26.2 Å². The third-order valence-corrected chi connectivity index (χ3v) is 6.23. The highest BCUT2D eigenvalue weighted by Gasteiger charge is 2.31. The maximum Gasteiger partial charge on any atom is 0.224 e. The van der Waals surface area contributed by atoms with Gasteiger partial charge in [0.15, 0.2) is 0 Å². The third-order valence-electron chi connectivity index (χ3n) is 6.23. The molecule has 0 aliphatic carbocycles. The van der Waals surface area contributed by atoms with E-state index >= 15 is 0 Å². The maximum absolute atomic E-state index is 12.7. The van der Waals surface area contributed by atoms with Crippen LogP contribution in [-0.2, 0) is 17.9 Å². The number of benzene rings is 1. The summed E-state index contributed by atoms with van der Waals surface area (Å²) in [6.07, 6.45) is 7.72. The van der Waals surface area contributed by atoms with Gasteiger partial charge >= 0.3 is 0 Å². The van der Waals surface area contributed by atoms with Crippen molar-refractivity contribution >= 4 is 5.91 Å². The summed E-state index contributed by atoms with van der Waals surface area (Å²) in [6, 6.07) is 13.2. The highest BCUT2D eigenvalue weighted by Crippen LogP contribution is 2.24. The summed E-state index contributed by atoms with van der Waals surface area (Å²) >= 11 is 0. The van der Waals surface area contributed by atoms with Crippen molar-refractivity contribution in [1.82, 2.24) is 25.1 Å². The molecule has 29 heavy (non-hydrogen) atoms. The van der Waals surface area contributed by atoms with Crippen LogP contribution in [0, 0.1) is 5.92 Å². The van der Waals surface area contributed by atoms with Crippen LogP contribution in [0.4, 0.5) is 0 Å². The van der Waals surface area contributed by atoms with Crippen molar-refractivity contribution in [3.8, 4) is 0 Å². The van der Waals surface area contributed by atoms with E-state index in [1.165, 1.54) is 24.7 Å². The monoisotopic (exact) mass is 393 g/mol. The number of carbonyl (C=O) groups is 1. The van der Waals surface area contributed by atoms with Crippen molar-refractivity contribution in [2.24, 2.45) is 5.92 Å². The van der Waals surface area contributed by atoms with Gasteiger partial charge in [-0.15, -0.1) is 0 Å². The predicted octanol–water partition coefficient (Wildman–Crippen LogP) is 2.47. The Kier molecular flexibility index (Phi) is 6.85. The highest BCUT2D eigenvalue weighted by atomic mass is 16.1. The molecule has 2 aromatic rings. The molecule has 1 aromatic carbocycles. The summed E-state index contributed by atoms with van der Waals surface area (Å²) in [5.41, 5.74) is 2.25. The zero-order chi connectivity index (χ0) is 19.9. The lowest BCUT2D eigenvalue weighted by Crippen LogP contribution is -2.50. The van der Waals surface area contributed by atoms with Crippen molar-refractivity contribution < 1.29 is 4.79 Å². The van der Waals surface area contributed by atoms with Gasteiger partial charge in [-0.05, 0) is 56.9 Å². The zero-order valence-electron chi connectivity index (χ0n) is 17.0. The molecule has 1 aromatic heterocycles. The molecule has 2 aliphatic rings. The van der Waals surface area contributed by atoms with Gasteiger partial charge in [-0.25, -0.2) is 9.97 Å². The van der Waals surface area contributed by atoms with Gasteiger partial charge in [0, 0.05) is 25.3 Å². The van der Waals surface area contributed by atoms with Crippen LogP contribution >= 0.6 is 0 Å². The van der Waals surface area contributed by atoms with E-state index in [-0.39, 0.29) is 11.8 Å². The Morgan fingerprint density at radius 3 is 2.66 bits per heavy atom. The van der Waals surface area contributed by atoms with E-state index in [0.717, 1.165) is 51.3 Å². The van der Waals surface area contributed by atoms with Crippen LogP contribution in [-0.4, -0.2) is 57.9 Å². The number of nitrogens with zero attached hydrogens (tertiary/aromatic N) is 4. The lowest BCUT2D eigenvalue weighted by atomic mass is 9.93. The molecular formula is C23H31N5O. The van der Waals surface area contributed by atoms with Gasteiger partial charge in [0.25, 0.3) is 0 Å². The molecule has 0 bridgehead atoms. The minimum Gasteiger partial charge on any atom is -0.350 e. The Bertz CT molecular complexity index is 761. The smallest absolute Gasteiger partial charge is 0.224 e. The van der Waals surface area contributed by atoms with Crippen LogP contribution in [0.25, 0.3) is 0 Å². The largest absolute Gasteiger partial charge is 0.350 e. The Hall–Kier alpha value is -2.31. The van der Waals surface area contributed by atoms with E-state index in [9.17, 15) is 4.79 Å². The maximum atomic E-state index is 12.7. The van der Waals surface area contributed by atoms with E-state index in [2.05, 4.69) is 55.4 Å². The van der Waals surface area contributed by atoms with Gasteiger partial charge in [0.1, 0.15) is 6.33 Å². The SMILES string of the molecule is O=C(NCc1ccncn1)[C@@H]1CCCN(C2CCN(Cc3ccccc3)CC2)C1. The van der Waals surface area contributed by atoms with Crippen LogP contribution in [0.2, 0.25) is 0 Å². The molecule has 0 spiro atoms. The number of aromatic nitrogens is 2. The fourth-order valence-electron chi connectivity index (χ4n) is 4.58.